The molecule has 0 fully saturated rings. The van der Waals surface area contributed by atoms with Crippen LogP contribution in [0.15, 0.2) is 0 Å². The summed E-state index contributed by atoms with van der Waals surface area (Å²) >= 11 is 0. The Balaban J connectivity index is -0.000000126. The summed E-state index contributed by atoms with van der Waals surface area (Å²) in [6, 6.07) is 0. The third-order valence-corrected chi connectivity index (χ3v) is 0.494. The molecule has 0 aliphatic rings. The zero-order chi connectivity index (χ0) is 9.65. The van der Waals surface area contributed by atoms with Crippen molar-refractivity contribution in [1.82, 2.24) is 6.15 Å². The van der Waals surface area contributed by atoms with Gasteiger partial charge in [-0.15, -0.1) is 0 Å². The molecule has 76 valence electrons. The Labute approximate surface area is 70.6 Å². The molecular formula is C4H13NO6S. The molecule has 0 aliphatic carbocycles. The lowest BCUT2D eigenvalue weighted by Gasteiger charge is -1.89. The maximum absolute atomic E-state index is 9.70. The van der Waals surface area contributed by atoms with Crippen molar-refractivity contribution in [3.8, 4) is 0 Å². The summed E-state index contributed by atoms with van der Waals surface area (Å²) in [5.41, 5.74) is 0. The summed E-state index contributed by atoms with van der Waals surface area (Å²) in [4.78, 5) is 9.70. The monoisotopic (exact) mass is 203 g/mol. The van der Waals surface area contributed by atoms with Crippen LogP contribution in [-0.4, -0.2) is 28.6 Å². The van der Waals surface area contributed by atoms with Gasteiger partial charge in [0.1, 0.15) is 0 Å². The topological polar surface area (TPSA) is 147 Å². The van der Waals surface area contributed by atoms with Crippen molar-refractivity contribution < 1.29 is 27.4 Å². The fourth-order valence-corrected chi connectivity index (χ4v) is 0. The molecule has 0 saturated heterocycles. The number of hydrogen-bond acceptors (Lipinski definition) is 4. The molecular weight excluding hydrogens is 190 g/mol. The van der Waals surface area contributed by atoms with E-state index in [0.717, 1.165) is 0 Å². The average molecular weight is 203 g/mol. The van der Waals surface area contributed by atoms with E-state index in [1.165, 1.54) is 0 Å². The fourth-order valence-electron chi connectivity index (χ4n) is 0. The van der Waals surface area contributed by atoms with E-state index < -0.39 is 16.4 Å². The molecule has 0 heterocycles. The lowest BCUT2D eigenvalue weighted by molar-refractivity contribution is -0.140. The van der Waals surface area contributed by atoms with Crippen LogP contribution in [0, 0.1) is 5.92 Å². The van der Waals surface area contributed by atoms with Crippen LogP contribution in [-0.2, 0) is 15.2 Å². The Bertz CT molecular complexity index is 200. The van der Waals surface area contributed by atoms with Crippen molar-refractivity contribution >= 4 is 16.4 Å². The van der Waals surface area contributed by atoms with Gasteiger partial charge < -0.3 is 11.3 Å². The van der Waals surface area contributed by atoms with E-state index in [0.29, 0.717) is 0 Å². The first-order valence-corrected chi connectivity index (χ1v) is 3.97. The molecule has 0 rings (SSSR count). The van der Waals surface area contributed by atoms with Crippen molar-refractivity contribution in [2.45, 2.75) is 13.8 Å². The molecule has 8 heteroatoms. The third kappa shape index (κ3) is 58.8. The Morgan fingerprint density at radius 1 is 1.25 bits per heavy atom. The molecule has 0 unspecified atom stereocenters. The van der Waals surface area contributed by atoms with Gasteiger partial charge in [-0.2, -0.15) is 8.42 Å². The van der Waals surface area contributed by atoms with E-state index in [1.807, 2.05) is 0 Å². The van der Waals surface area contributed by atoms with Crippen molar-refractivity contribution in [3.05, 3.63) is 0 Å². The molecule has 0 aliphatic heterocycles. The lowest BCUT2D eigenvalue weighted by Crippen LogP contribution is -2.03. The van der Waals surface area contributed by atoms with Crippen LogP contribution >= 0.6 is 0 Å². The number of aliphatic carboxylic acids is 1. The Kier molecular flexibility index (Phi) is 10.1. The molecule has 0 radical (unpaired) electrons. The fraction of sp³-hybridized carbons (Fsp3) is 0.750. The van der Waals surface area contributed by atoms with E-state index in [2.05, 4.69) is 0 Å². The van der Waals surface area contributed by atoms with Crippen molar-refractivity contribution in [3.63, 3.8) is 0 Å². The summed E-state index contributed by atoms with van der Waals surface area (Å²) in [6.45, 7) is 3.28. The van der Waals surface area contributed by atoms with Crippen LogP contribution in [0.2, 0.25) is 0 Å². The molecule has 12 heavy (non-hydrogen) atoms. The molecule has 7 nitrogen and oxygen atoms in total. The number of carbonyl (C=O) groups is 1. The summed E-state index contributed by atoms with van der Waals surface area (Å²) in [7, 11) is -4.67. The minimum atomic E-state index is -4.67. The molecule has 0 aromatic heterocycles. The van der Waals surface area contributed by atoms with Gasteiger partial charge in [0.15, 0.2) is 0 Å². The van der Waals surface area contributed by atoms with Crippen LogP contribution in [0.4, 0.5) is 0 Å². The third-order valence-electron chi connectivity index (χ3n) is 0.494. The quantitative estimate of drug-likeness (QED) is 0.446. The first-order valence-electron chi connectivity index (χ1n) is 2.57. The Morgan fingerprint density at radius 2 is 1.33 bits per heavy atom. The van der Waals surface area contributed by atoms with Crippen LogP contribution < -0.4 is 6.15 Å². The zero-order valence-corrected chi connectivity index (χ0v) is 7.58. The SMILES string of the molecule is CC(C)C(=O)O.N.O=S(=O)(O)O. The highest BCUT2D eigenvalue weighted by Gasteiger charge is 1.99. The second-order valence-corrected chi connectivity index (χ2v) is 2.84. The Hall–Kier alpha value is -0.700. The number of carboxylic acids is 1. The highest BCUT2D eigenvalue weighted by molar-refractivity contribution is 7.79. The van der Waals surface area contributed by atoms with E-state index in [-0.39, 0.29) is 12.1 Å². The second kappa shape index (κ2) is 6.98. The standard InChI is InChI=1S/C4H8O2.H3N.H2O4S/c1-3(2)4(5)6;;1-5(2,3)4/h3H,1-2H3,(H,5,6);1H3;(H2,1,2,3,4). The minimum absolute atomic E-state index is 0. The molecule has 0 amide bonds. The zero-order valence-electron chi connectivity index (χ0n) is 6.76. The van der Waals surface area contributed by atoms with E-state index in [9.17, 15) is 4.79 Å². The average Bonchev–Trinajstić information content (AvgIpc) is 1.59. The van der Waals surface area contributed by atoms with Crippen molar-refractivity contribution in [1.29, 1.82) is 0 Å². The van der Waals surface area contributed by atoms with Gasteiger partial charge in [0.2, 0.25) is 0 Å². The van der Waals surface area contributed by atoms with Gasteiger partial charge in [0.25, 0.3) is 0 Å². The number of rotatable bonds is 1. The van der Waals surface area contributed by atoms with Gasteiger partial charge in [-0.3, -0.25) is 13.9 Å². The largest absolute Gasteiger partial charge is 0.481 e. The van der Waals surface area contributed by atoms with Gasteiger partial charge >= 0.3 is 16.4 Å². The summed E-state index contributed by atoms with van der Waals surface area (Å²) in [5.74, 6) is -0.972. The van der Waals surface area contributed by atoms with Crippen LogP contribution in [0.1, 0.15) is 13.8 Å². The van der Waals surface area contributed by atoms with Crippen LogP contribution in [0.3, 0.4) is 0 Å². The summed E-state index contributed by atoms with van der Waals surface area (Å²) in [6.07, 6.45) is 0. The Morgan fingerprint density at radius 3 is 1.33 bits per heavy atom. The van der Waals surface area contributed by atoms with Crippen LogP contribution in [0.5, 0.6) is 0 Å². The van der Waals surface area contributed by atoms with Crippen LogP contribution in [0.25, 0.3) is 0 Å². The maximum Gasteiger partial charge on any atom is 0.394 e. The normalized spacial score (nSPS) is 9.42. The molecule has 0 aromatic carbocycles. The van der Waals surface area contributed by atoms with E-state index >= 15 is 0 Å². The maximum atomic E-state index is 9.70. The molecule has 0 atom stereocenters. The summed E-state index contributed by atoms with van der Waals surface area (Å²) in [5, 5.41) is 7.99. The molecule has 0 bridgehead atoms. The lowest BCUT2D eigenvalue weighted by atomic mass is 10.2. The van der Waals surface area contributed by atoms with Gasteiger partial charge in [-0.25, -0.2) is 0 Å². The first-order chi connectivity index (χ1) is 4.64. The predicted molar refractivity (Wildman–Crippen MR) is 41.7 cm³/mol. The van der Waals surface area contributed by atoms with Gasteiger partial charge in [0.05, 0.1) is 5.92 Å². The highest BCUT2D eigenvalue weighted by atomic mass is 32.3. The molecule has 0 saturated carbocycles. The second-order valence-electron chi connectivity index (χ2n) is 1.94. The van der Waals surface area contributed by atoms with Crippen molar-refractivity contribution in [2.75, 3.05) is 0 Å². The predicted octanol–water partition coefficient (Wildman–Crippen LogP) is 0.236. The van der Waals surface area contributed by atoms with Crippen molar-refractivity contribution in [2.24, 2.45) is 5.92 Å². The summed E-state index contributed by atoms with van der Waals surface area (Å²) < 4.78 is 31.6. The number of hydrogen-bond donors (Lipinski definition) is 4. The van der Waals surface area contributed by atoms with E-state index in [1.54, 1.807) is 13.8 Å². The smallest absolute Gasteiger partial charge is 0.394 e. The number of carboxylic acid groups (broad SMARTS) is 1. The van der Waals surface area contributed by atoms with Gasteiger partial charge in [-0.1, -0.05) is 13.8 Å². The molecule has 0 spiro atoms. The van der Waals surface area contributed by atoms with Gasteiger partial charge in [-0.05, 0) is 0 Å². The minimum Gasteiger partial charge on any atom is -0.481 e. The molecule has 0 aromatic rings. The molecule has 6 N–H and O–H groups in total. The highest BCUT2D eigenvalue weighted by Crippen LogP contribution is 1.87. The van der Waals surface area contributed by atoms with E-state index in [4.69, 9.17) is 22.6 Å². The first kappa shape index (κ1) is 17.4. The van der Waals surface area contributed by atoms with Gasteiger partial charge in [0, 0.05) is 0 Å².